The van der Waals surface area contributed by atoms with E-state index in [2.05, 4.69) is 44.9 Å². The van der Waals surface area contributed by atoms with Crippen LogP contribution in [0.2, 0.25) is 0 Å². The van der Waals surface area contributed by atoms with Crippen LogP contribution in [-0.2, 0) is 0 Å². The zero-order valence-electron chi connectivity index (χ0n) is 10.5. The van der Waals surface area contributed by atoms with Gasteiger partial charge in [-0.05, 0) is 61.4 Å². The Morgan fingerprint density at radius 1 is 1.29 bits per heavy atom. The summed E-state index contributed by atoms with van der Waals surface area (Å²) >= 11 is 3.61. The summed E-state index contributed by atoms with van der Waals surface area (Å²) in [6.07, 6.45) is 5.39. The van der Waals surface area contributed by atoms with E-state index in [9.17, 15) is 0 Å². The summed E-state index contributed by atoms with van der Waals surface area (Å²) in [7, 11) is 0. The monoisotopic (exact) mass is 297 g/mol. The average molecular weight is 298 g/mol. The Labute approximate surface area is 111 Å². The topological polar surface area (TPSA) is 29.9 Å². The van der Waals surface area contributed by atoms with Gasteiger partial charge in [-0.2, -0.15) is 5.10 Å². The van der Waals surface area contributed by atoms with E-state index < -0.39 is 0 Å². The molecule has 2 aliphatic carbocycles. The lowest BCUT2D eigenvalue weighted by Crippen LogP contribution is -2.38. The average Bonchev–Trinajstić information content (AvgIpc) is 3.04. The van der Waals surface area contributed by atoms with Gasteiger partial charge in [0.2, 0.25) is 0 Å². The van der Waals surface area contributed by atoms with Crippen LogP contribution in [-0.4, -0.2) is 22.4 Å². The highest BCUT2D eigenvalue weighted by molar-refractivity contribution is 9.10. The van der Waals surface area contributed by atoms with Gasteiger partial charge in [0.05, 0.1) is 21.9 Å². The Kier molecular flexibility index (Phi) is 3.03. The third-order valence-electron chi connectivity index (χ3n) is 4.17. The van der Waals surface area contributed by atoms with E-state index in [-0.39, 0.29) is 0 Å². The van der Waals surface area contributed by atoms with Crippen LogP contribution in [0.3, 0.4) is 0 Å². The fourth-order valence-electron chi connectivity index (χ4n) is 2.68. The normalized spacial score (nSPS) is 28.2. The molecule has 0 aliphatic heterocycles. The molecule has 17 heavy (non-hydrogen) atoms. The molecule has 2 saturated carbocycles. The second-order valence-electron chi connectivity index (χ2n) is 5.52. The smallest absolute Gasteiger partial charge is 0.0738 e. The fourth-order valence-corrected chi connectivity index (χ4v) is 2.94. The number of aryl methyl sites for hydroxylation is 1. The first-order valence-corrected chi connectivity index (χ1v) is 7.40. The molecule has 4 heteroatoms. The van der Waals surface area contributed by atoms with Crippen LogP contribution in [0.25, 0.3) is 0 Å². The van der Waals surface area contributed by atoms with Crippen molar-refractivity contribution < 1.29 is 0 Å². The van der Waals surface area contributed by atoms with Crippen molar-refractivity contribution in [3.63, 3.8) is 0 Å². The summed E-state index contributed by atoms with van der Waals surface area (Å²) in [5, 5.41) is 8.31. The molecule has 0 spiro atoms. The van der Waals surface area contributed by atoms with Gasteiger partial charge >= 0.3 is 0 Å². The predicted octanol–water partition coefficient (Wildman–Crippen LogP) is 2.97. The molecule has 2 fully saturated rings. The molecular formula is C13H20BrN3. The molecule has 1 aromatic rings. The lowest BCUT2D eigenvalue weighted by molar-refractivity contribution is 0.160. The fraction of sp³-hybridized carbons (Fsp3) is 0.769. The molecule has 1 N–H and O–H groups in total. The minimum Gasteiger partial charge on any atom is -0.314 e. The van der Waals surface area contributed by atoms with Crippen LogP contribution in [0.1, 0.15) is 43.1 Å². The van der Waals surface area contributed by atoms with Gasteiger partial charge in [0.15, 0.2) is 0 Å². The van der Waals surface area contributed by atoms with Crippen LogP contribution >= 0.6 is 15.9 Å². The van der Waals surface area contributed by atoms with E-state index in [0.717, 1.165) is 17.7 Å². The summed E-state index contributed by atoms with van der Waals surface area (Å²) < 4.78 is 3.42. The number of halogens is 1. The van der Waals surface area contributed by atoms with Crippen LogP contribution in [0.15, 0.2) is 4.47 Å². The third-order valence-corrected chi connectivity index (χ3v) is 5.32. The quantitative estimate of drug-likeness (QED) is 0.926. The van der Waals surface area contributed by atoms with Crippen molar-refractivity contribution in [3.8, 4) is 0 Å². The van der Waals surface area contributed by atoms with Crippen LogP contribution in [0, 0.1) is 19.8 Å². The van der Waals surface area contributed by atoms with Crippen LogP contribution in [0.4, 0.5) is 0 Å². The van der Waals surface area contributed by atoms with Crippen molar-refractivity contribution in [3.05, 3.63) is 15.9 Å². The van der Waals surface area contributed by atoms with E-state index in [1.54, 1.807) is 0 Å². The lowest BCUT2D eigenvalue weighted by atomic mass is 9.79. The van der Waals surface area contributed by atoms with Gasteiger partial charge < -0.3 is 5.32 Å². The Morgan fingerprint density at radius 2 is 2.06 bits per heavy atom. The van der Waals surface area contributed by atoms with Crippen LogP contribution in [0.5, 0.6) is 0 Å². The van der Waals surface area contributed by atoms with Gasteiger partial charge in [0, 0.05) is 12.6 Å². The minimum atomic E-state index is 0.617. The molecule has 0 radical (unpaired) electrons. The molecule has 0 aromatic carbocycles. The second kappa shape index (κ2) is 4.39. The van der Waals surface area contributed by atoms with E-state index in [1.165, 1.54) is 42.4 Å². The highest BCUT2D eigenvalue weighted by atomic mass is 79.9. The highest BCUT2D eigenvalue weighted by Gasteiger charge is 2.35. The zero-order valence-corrected chi connectivity index (χ0v) is 12.1. The van der Waals surface area contributed by atoms with Crippen molar-refractivity contribution in [2.75, 3.05) is 6.54 Å². The van der Waals surface area contributed by atoms with Gasteiger partial charge in [-0.15, -0.1) is 0 Å². The largest absolute Gasteiger partial charge is 0.314 e. The molecule has 1 aromatic heterocycles. The maximum atomic E-state index is 4.67. The highest BCUT2D eigenvalue weighted by Crippen LogP contribution is 2.40. The molecule has 3 rings (SSSR count). The number of hydrogen-bond donors (Lipinski definition) is 1. The summed E-state index contributed by atoms with van der Waals surface area (Å²) in [6.45, 7) is 5.41. The maximum Gasteiger partial charge on any atom is 0.0738 e. The molecule has 2 atom stereocenters. The molecule has 94 valence electrons. The summed E-state index contributed by atoms with van der Waals surface area (Å²) in [6, 6.07) is 1.44. The summed E-state index contributed by atoms with van der Waals surface area (Å²) in [5.74, 6) is 0.778. The van der Waals surface area contributed by atoms with Crippen molar-refractivity contribution >= 4 is 15.9 Å². The second-order valence-corrected chi connectivity index (χ2v) is 6.31. The first kappa shape index (κ1) is 11.7. The molecule has 0 bridgehead atoms. The molecule has 1 heterocycles. The molecule has 0 saturated heterocycles. The van der Waals surface area contributed by atoms with Crippen molar-refractivity contribution in [1.29, 1.82) is 0 Å². The molecule has 3 nitrogen and oxygen atoms in total. The van der Waals surface area contributed by atoms with Gasteiger partial charge in [0.25, 0.3) is 0 Å². The summed E-state index contributed by atoms with van der Waals surface area (Å²) in [4.78, 5) is 0. The third kappa shape index (κ3) is 2.17. The standard InChI is InChI=1S/C13H20BrN3/c1-8-13(14)9(2)17(16-8)12-6-3-10(12)7-15-11-4-5-11/h10-12,15H,3-7H2,1-2H3. The SMILES string of the molecule is Cc1nn(C2CCC2CNC2CC2)c(C)c1Br. The molecule has 0 amide bonds. The molecule has 2 aliphatic rings. The van der Waals surface area contributed by atoms with Crippen molar-refractivity contribution in [1.82, 2.24) is 15.1 Å². The molecular weight excluding hydrogens is 278 g/mol. The van der Waals surface area contributed by atoms with Gasteiger partial charge in [-0.3, -0.25) is 4.68 Å². The van der Waals surface area contributed by atoms with Crippen LogP contribution < -0.4 is 5.32 Å². The first-order chi connectivity index (χ1) is 8.16. The van der Waals surface area contributed by atoms with E-state index in [1.807, 2.05) is 0 Å². The van der Waals surface area contributed by atoms with E-state index in [0.29, 0.717) is 6.04 Å². The maximum absolute atomic E-state index is 4.67. The van der Waals surface area contributed by atoms with Gasteiger partial charge in [-0.1, -0.05) is 0 Å². The number of rotatable bonds is 4. The Balaban J connectivity index is 1.68. The number of hydrogen-bond acceptors (Lipinski definition) is 2. The lowest BCUT2D eigenvalue weighted by Gasteiger charge is -2.37. The number of nitrogens with one attached hydrogen (secondary N) is 1. The van der Waals surface area contributed by atoms with E-state index in [4.69, 9.17) is 0 Å². The Bertz CT molecular complexity index is 423. The number of nitrogens with zero attached hydrogens (tertiary/aromatic N) is 2. The van der Waals surface area contributed by atoms with Crippen molar-refractivity contribution in [2.24, 2.45) is 5.92 Å². The zero-order chi connectivity index (χ0) is 12.0. The first-order valence-electron chi connectivity index (χ1n) is 6.61. The van der Waals surface area contributed by atoms with Gasteiger partial charge in [-0.25, -0.2) is 0 Å². The Hall–Kier alpha value is -0.350. The Morgan fingerprint density at radius 3 is 2.53 bits per heavy atom. The number of aromatic nitrogens is 2. The van der Waals surface area contributed by atoms with Crippen molar-refractivity contribution in [2.45, 2.75) is 51.6 Å². The van der Waals surface area contributed by atoms with E-state index >= 15 is 0 Å². The predicted molar refractivity (Wildman–Crippen MR) is 72.2 cm³/mol. The summed E-state index contributed by atoms with van der Waals surface area (Å²) in [5.41, 5.74) is 2.40. The molecule has 2 unspecified atom stereocenters. The van der Waals surface area contributed by atoms with Gasteiger partial charge in [0.1, 0.15) is 0 Å². The minimum absolute atomic E-state index is 0.617.